The summed E-state index contributed by atoms with van der Waals surface area (Å²) in [6.07, 6.45) is 11.0. The Labute approximate surface area is 138 Å². The molecule has 2 saturated carbocycles. The van der Waals surface area contributed by atoms with Gasteiger partial charge in [-0.3, -0.25) is 0 Å². The first kappa shape index (κ1) is 17.8. The number of alkyl carbamates (subject to hydrolysis) is 1. The van der Waals surface area contributed by atoms with E-state index in [-0.39, 0.29) is 12.0 Å². The highest BCUT2D eigenvalue weighted by Crippen LogP contribution is 2.30. The van der Waals surface area contributed by atoms with Gasteiger partial charge in [0.2, 0.25) is 0 Å². The molecule has 130 valence electrons. The molecule has 23 heavy (non-hydrogen) atoms. The van der Waals surface area contributed by atoms with E-state index >= 15 is 0 Å². The normalized spacial score (nSPS) is 27.0. The van der Waals surface area contributed by atoms with Crippen LogP contribution in [-0.2, 0) is 9.53 Å². The van der Waals surface area contributed by atoms with E-state index in [4.69, 9.17) is 4.74 Å². The molecule has 5 heteroatoms. The molecule has 5 nitrogen and oxygen atoms in total. The first-order valence-electron chi connectivity index (χ1n) is 8.92. The van der Waals surface area contributed by atoms with Crippen LogP contribution in [0.15, 0.2) is 12.7 Å². The van der Waals surface area contributed by atoms with Gasteiger partial charge in [0.05, 0.1) is 0 Å². The molecule has 2 rings (SSSR count). The molecule has 2 aliphatic rings. The molecule has 0 spiro atoms. The van der Waals surface area contributed by atoms with Crippen molar-refractivity contribution in [3.05, 3.63) is 12.7 Å². The molecular formula is C18H29NO4. The van der Waals surface area contributed by atoms with Crippen LogP contribution in [0, 0.1) is 11.8 Å². The summed E-state index contributed by atoms with van der Waals surface area (Å²) in [5.74, 6) is -0.630. The summed E-state index contributed by atoms with van der Waals surface area (Å²) >= 11 is 0. The van der Waals surface area contributed by atoms with E-state index in [0.29, 0.717) is 5.92 Å². The first-order valence-corrected chi connectivity index (χ1v) is 8.92. The van der Waals surface area contributed by atoms with E-state index in [9.17, 15) is 14.7 Å². The number of amides is 1. The van der Waals surface area contributed by atoms with Gasteiger partial charge in [-0.05, 0) is 50.4 Å². The lowest BCUT2D eigenvalue weighted by atomic mass is 9.84. The van der Waals surface area contributed by atoms with Crippen LogP contribution < -0.4 is 5.32 Å². The topological polar surface area (TPSA) is 75.6 Å². The second kappa shape index (κ2) is 8.94. The second-order valence-electron chi connectivity index (χ2n) is 6.87. The number of rotatable bonds is 6. The van der Waals surface area contributed by atoms with Gasteiger partial charge in [-0.15, -0.1) is 6.58 Å². The third-order valence-corrected chi connectivity index (χ3v) is 5.23. The molecule has 0 aromatic rings. The molecule has 0 aromatic heterocycles. The van der Waals surface area contributed by atoms with Crippen molar-refractivity contribution >= 4 is 12.1 Å². The minimum absolute atomic E-state index is 0.0177. The van der Waals surface area contributed by atoms with Crippen LogP contribution in [-0.4, -0.2) is 29.3 Å². The van der Waals surface area contributed by atoms with E-state index in [1.165, 1.54) is 0 Å². The Morgan fingerprint density at radius 3 is 2.43 bits per heavy atom. The van der Waals surface area contributed by atoms with Crippen LogP contribution in [0.5, 0.6) is 0 Å². The summed E-state index contributed by atoms with van der Waals surface area (Å²) in [5, 5.41) is 12.0. The molecule has 0 heterocycles. The third-order valence-electron chi connectivity index (χ3n) is 5.23. The number of aliphatic carboxylic acids is 1. The van der Waals surface area contributed by atoms with E-state index in [1.54, 1.807) is 0 Å². The number of carboxylic acids is 1. The number of carbonyl (C=O) groups is 2. The fourth-order valence-electron chi connectivity index (χ4n) is 3.96. The Morgan fingerprint density at radius 2 is 1.78 bits per heavy atom. The SMILES string of the molecule is C=CC[C@@H]1CCCC[C@H]1OC(=O)N[C@H](C(=O)O)C1CCCCC1. The van der Waals surface area contributed by atoms with Gasteiger partial charge >= 0.3 is 12.1 Å². The standard InChI is InChI=1S/C18H29NO4/c1-2-8-13-9-6-7-12-15(13)23-18(22)19-16(17(20)21)14-10-4-3-5-11-14/h2,13-16H,1,3-12H2,(H,19,22)(H,20,21)/t13-,15-,16+/m1/s1. The number of allylic oxidation sites excluding steroid dienone is 1. The maximum atomic E-state index is 12.2. The van der Waals surface area contributed by atoms with Crippen LogP contribution >= 0.6 is 0 Å². The fraction of sp³-hybridized carbons (Fsp3) is 0.778. The van der Waals surface area contributed by atoms with Gasteiger partial charge in [-0.25, -0.2) is 9.59 Å². The Hall–Kier alpha value is -1.52. The number of hydrogen-bond acceptors (Lipinski definition) is 3. The maximum absolute atomic E-state index is 12.2. The molecule has 0 unspecified atom stereocenters. The molecular weight excluding hydrogens is 294 g/mol. The lowest BCUT2D eigenvalue weighted by Crippen LogP contribution is -2.48. The van der Waals surface area contributed by atoms with Crippen LogP contribution in [0.25, 0.3) is 0 Å². The number of nitrogens with one attached hydrogen (secondary N) is 1. The number of ether oxygens (including phenoxy) is 1. The molecule has 0 saturated heterocycles. The van der Waals surface area contributed by atoms with Crippen LogP contribution in [0.3, 0.4) is 0 Å². The molecule has 0 radical (unpaired) electrons. The van der Waals surface area contributed by atoms with Gasteiger partial charge in [-0.2, -0.15) is 0 Å². The third kappa shape index (κ3) is 5.26. The minimum Gasteiger partial charge on any atom is -0.480 e. The van der Waals surface area contributed by atoms with Gasteiger partial charge in [0.25, 0.3) is 0 Å². The highest BCUT2D eigenvalue weighted by Gasteiger charge is 2.33. The number of hydrogen-bond donors (Lipinski definition) is 2. The summed E-state index contributed by atoms with van der Waals surface area (Å²) < 4.78 is 5.57. The van der Waals surface area contributed by atoms with Crippen molar-refractivity contribution in [1.29, 1.82) is 0 Å². The van der Waals surface area contributed by atoms with Crippen molar-refractivity contribution in [3.8, 4) is 0 Å². The molecule has 2 aliphatic carbocycles. The van der Waals surface area contributed by atoms with Crippen molar-refractivity contribution < 1.29 is 19.4 Å². The minimum atomic E-state index is -0.958. The predicted molar refractivity (Wildman–Crippen MR) is 88.2 cm³/mol. The van der Waals surface area contributed by atoms with Crippen molar-refractivity contribution in [2.45, 2.75) is 76.4 Å². The predicted octanol–water partition coefficient (Wildman–Crippen LogP) is 3.88. The quantitative estimate of drug-likeness (QED) is 0.727. The summed E-state index contributed by atoms with van der Waals surface area (Å²) in [6, 6.07) is -0.829. The summed E-state index contributed by atoms with van der Waals surface area (Å²) in [5.41, 5.74) is 0. The average Bonchev–Trinajstić information content (AvgIpc) is 2.55. The van der Waals surface area contributed by atoms with Gasteiger partial charge < -0.3 is 15.2 Å². The smallest absolute Gasteiger partial charge is 0.408 e. The van der Waals surface area contributed by atoms with Gasteiger partial charge in [0.1, 0.15) is 12.1 Å². The van der Waals surface area contributed by atoms with Crippen molar-refractivity contribution in [1.82, 2.24) is 5.32 Å². The molecule has 3 atom stereocenters. The lowest BCUT2D eigenvalue weighted by Gasteiger charge is -2.32. The highest BCUT2D eigenvalue weighted by atomic mass is 16.6. The second-order valence-corrected chi connectivity index (χ2v) is 6.87. The zero-order valence-corrected chi connectivity index (χ0v) is 13.8. The number of carbonyl (C=O) groups excluding carboxylic acids is 1. The number of carboxylic acid groups (broad SMARTS) is 1. The highest BCUT2D eigenvalue weighted by molar-refractivity contribution is 5.80. The summed E-state index contributed by atoms with van der Waals surface area (Å²) in [4.78, 5) is 23.7. The Bertz CT molecular complexity index is 417. The lowest BCUT2D eigenvalue weighted by molar-refractivity contribution is -0.141. The summed E-state index contributed by atoms with van der Waals surface area (Å²) in [7, 11) is 0. The van der Waals surface area contributed by atoms with E-state index in [1.807, 2.05) is 6.08 Å². The molecule has 1 amide bonds. The van der Waals surface area contributed by atoms with Crippen LogP contribution in [0.4, 0.5) is 4.79 Å². The van der Waals surface area contributed by atoms with Crippen LogP contribution in [0.2, 0.25) is 0 Å². The Morgan fingerprint density at radius 1 is 1.13 bits per heavy atom. The van der Waals surface area contributed by atoms with Crippen LogP contribution in [0.1, 0.15) is 64.2 Å². The Balaban J connectivity index is 1.90. The first-order chi connectivity index (χ1) is 11.1. The van der Waals surface area contributed by atoms with Gasteiger partial charge in [0.15, 0.2) is 0 Å². The monoisotopic (exact) mass is 323 g/mol. The maximum Gasteiger partial charge on any atom is 0.408 e. The molecule has 2 fully saturated rings. The molecule has 0 bridgehead atoms. The largest absolute Gasteiger partial charge is 0.480 e. The fourth-order valence-corrected chi connectivity index (χ4v) is 3.96. The zero-order chi connectivity index (χ0) is 16.7. The van der Waals surface area contributed by atoms with Crippen molar-refractivity contribution in [2.75, 3.05) is 0 Å². The van der Waals surface area contributed by atoms with Gasteiger partial charge in [0, 0.05) is 0 Å². The average molecular weight is 323 g/mol. The van der Waals surface area contributed by atoms with E-state index in [2.05, 4.69) is 11.9 Å². The molecule has 0 aromatic carbocycles. The molecule has 0 aliphatic heterocycles. The van der Waals surface area contributed by atoms with Crippen molar-refractivity contribution in [3.63, 3.8) is 0 Å². The van der Waals surface area contributed by atoms with Crippen molar-refractivity contribution in [2.24, 2.45) is 11.8 Å². The zero-order valence-electron chi connectivity index (χ0n) is 13.8. The molecule has 2 N–H and O–H groups in total. The summed E-state index contributed by atoms with van der Waals surface area (Å²) in [6.45, 7) is 3.77. The van der Waals surface area contributed by atoms with Gasteiger partial charge in [-0.1, -0.05) is 31.8 Å². The van der Waals surface area contributed by atoms with E-state index < -0.39 is 18.1 Å². The Kier molecular flexibility index (Phi) is 6.93. The van der Waals surface area contributed by atoms with E-state index in [0.717, 1.165) is 64.2 Å².